The van der Waals surface area contributed by atoms with E-state index in [1.54, 1.807) is 24.7 Å². The van der Waals surface area contributed by atoms with Gasteiger partial charge in [-0.1, -0.05) is 25.4 Å². The summed E-state index contributed by atoms with van der Waals surface area (Å²) in [6.07, 6.45) is -1.71. The molecule has 0 aliphatic rings. The first-order valence-corrected chi connectivity index (χ1v) is 11.0. The summed E-state index contributed by atoms with van der Waals surface area (Å²) in [5.74, 6) is 0.593. The van der Waals surface area contributed by atoms with Gasteiger partial charge in [-0.3, -0.25) is 0 Å². The average molecular weight is 469 g/mol. The Kier molecular flexibility index (Phi) is 5.55. The van der Waals surface area contributed by atoms with E-state index in [0.717, 1.165) is 29.7 Å². The van der Waals surface area contributed by atoms with Crippen LogP contribution in [-0.4, -0.2) is 29.4 Å². The molecule has 0 spiro atoms. The second-order valence-electron chi connectivity index (χ2n) is 7.29. The number of hydrogen-bond acceptors (Lipinski definition) is 5. The van der Waals surface area contributed by atoms with Crippen LogP contribution in [-0.2, 0) is 13.2 Å². The van der Waals surface area contributed by atoms with Gasteiger partial charge in [-0.25, -0.2) is 19.2 Å². The maximum Gasteiger partial charge on any atom is 0.435 e. The number of fused-ring (bicyclic) bond motifs is 1. The summed E-state index contributed by atoms with van der Waals surface area (Å²) in [5, 5.41) is 8.60. The van der Waals surface area contributed by atoms with Crippen molar-refractivity contribution in [3.05, 3.63) is 40.4 Å². The van der Waals surface area contributed by atoms with Crippen LogP contribution in [0.2, 0.25) is 5.02 Å². The van der Waals surface area contributed by atoms with Gasteiger partial charge in [0.1, 0.15) is 12.0 Å². The summed E-state index contributed by atoms with van der Waals surface area (Å²) in [6, 6.07) is 3.42. The van der Waals surface area contributed by atoms with Gasteiger partial charge in [0.05, 0.1) is 20.5 Å². The third-order valence-electron chi connectivity index (χ3n) is 5.26. The van der Waals surface area contributed by atoms with Crippen molar-refractivity contribution in [1.82, 2.24) is 29.4 Å². The minimum Gasteiger partial charge on any atom is -0.248 e. The molecule has 4 rings (SSSR count). The minimum absolute atomic E-state index is 0.0774. The minimum atomic E-state index is -4.67. The average Bonchev–Trinajstić information content (AvgIpc) is 3.38. The number of imidazole rings is 1. The van der Waals surface area contributed by atoms with Crippen LogP contribution in [0.25, 0.3) is 26.9 Å². The van der Waals surface area contributed by atoms with Gasteiger partial charge in [0, 0.05) is 12.6 Å². The van der Waals surface area contributed by atoms with Crippen molar-refractivity contribution in [2.24, 2.45) is 7.05 Å². The van der Waals surface area contributed by atoms with Gasteiger partial charge in [0.15, 0.2) is 17.2 Å². The van der Waals surface area contributed by atoms with Crippen LogP contribution in [0.15, 0.2) is 18.5 Å². The van der Waals surface area contributed by atoms with E-state index in [4.69, 9.17) is 11.6 Å². The number of aromatic nitrogens is 6. The van der Waals surface area contributed by atoms with Crippen molar-refractivity contribution in [2.75, 3.05) is 0 Å². The molecule has 0 radical (unpaired) electrons. The molecular formula is C20H20ClF3N6S. The Morgan fingerprint density at radius 2 is 1.90 bits per heavy atom. The normalized spacial score (nSPS) is 12.4. The summed E-state index contributed by atoms with van der Waals surface area (Å²) in [5.41, 5.74) is 0.442. The van der Waals surface area contributed by atoms with Gasteiger partial charge < -0.3 is 0 Å². The van der Waals surface area contributed by atoms with E-state index >= 15 is 0 Å². The molecule has 0 saturated heterocycles. The fourth-order valence-corrected chi connectivity index (χ4v) is 5.25. The first kappa shape index (κ1) is 21.8. The predicted molar refractivity (Wildman–Crippen MR) is 114 cm³/mol. The Morgan fingerprint density at radius 3 is 2.48 bits per heavy atom. The summed E-state index contributed by atoms with van der Waals surface area (Å²) >= 11 is 7.55. The van der Waals surface area contributed by atoms with E-state index in [2.05, 4.69) is 20.2 Å². The van der Waals surface area contributed by atoms with Crippen LogP contribution in [0.3, 0.4) is 0 Å². The summed E-state index contributed by atoms with van der Waals surface area (Å²) in [6.45, 7) is 5.79. The zero-order valence-electron chi connectivity index (χ0n) is 17.3. The highest BCUT2D eigenvalue weighted by Crippen LogP contribution is 2.46. The zero-order chi connectivity index (χ0) is 22.5. The van der Waals surface area contributed by atoms with Gasteiger partial charge in [0.2, 0.25) is 0 Å². The van der Waals surface area contributed by atoms with Crippen LogP contribution in [0, 0.1) is 6.92 Å². The molecule has 6 nitrogen and oxygen atoms in total. The monoisotopic (exact) mass is 468 g/mol. The maximum absolute atomic E-state index is 14.1. The molecule has 0 aliphatic carbocycles. The van der Waals surface area contributed by atoms with Crippen LogP contribution >= 0.6 is 22.9 Å². The number of nitrogens with zero attached hydrogens (tertiary/aromatic N) is 6. The highest BCUT2D eigenvalue weighted by molar-refractivity contribution is 7.19. The van der Waals surface area contributed by atoms with E-state index in [9.17, 15) is 13.2 Å². The Hall–Kier alpha value is -2.46. The highest BCUT2D eigenvalue weighted by Gasteiger charge is 2.40. The van der Waals surface area contributed by atoms with Crippen molar-refractivity contribution in [1.29, 1.82) is 0 Å². The van der Waals surface area contributed by atoms with Crippen molar-refractivity contribution in [3.8, 4) is 21.3 Å². The lowest BCUT2D eigenvalue weighted by Gasteiger charge is -2.14. The van der Waals surface area contributed by atoms with Gasteiger partial charge in [-0.15, -0.1) is 11.3 Å². The molecule has 31 heavy (non-hydrogen) atoms. The third kappa shape index (κ3) is 3.71. The van der Waals surface area contributed by atoms with E-state index < -0.39 is 11.9 Å². The third-order valence-corrected chi connectivity index (χ3v) is 6.81. The fraction of sp³-hybridized carbons (Fsp3) is 0.400. The molecule has 164 valence electrons. The topological polar surface area (TPSA) is 60.9 Å². The van der Waals surface area contributed by atoms with Gasteiger partial charge in [-0.05, 0) is 37.8 Å². The first-order chi connectivity index (χ1) is 14.7. The Labute approximate surface area is 185 Å². The van der Waals surface area contributed by atoms with Crippen LogP contribution < -0.4 is 0 Å². The van der Waals surface area contributed by atoms with E-state index in [1.807, 2.05) is 19.9 Å². The van der Waals surface area contributed by atoms with Crippen LogP contribution in [0.5, 0.6) is 0 Å². The molecule has 4 heterocycles. The lowest BCUT2D eigenvalue weighted by molar-refractivity contribution is -0.140. The second kappa shape index (κ2) is 7.90. The van der Waals surface area contributed by atoms with Crippen molar-refractivity contribution in [3.63, 3.8) is 0 Å². The quantitative estimate of drug-likeness (QED) is 0.353. The van der Waals surface area contributed by atoms with Crippen LogP contribution in [0.4, 0.5) is 13.2 Å². The molecule has 0 amide bonds. The molecule has 0 N–H and O–H groups in total. The Morgan fingerprint density at radius 1 is 1.19 bits per heavy atom. The number of rotatable bonds is 5. The molecule has 0 bridgehead atoms. The molecular weight excluding hydrogens is 449 g/mol. The first-order valence-electron chi connectivity index (χ1n) is 9.77. The molecule has 0 aromatic carbocycles. The second-order valence-corrected chi connectivity index (χ2v) is 8.75. The molecule has 11 heteroatoms. The summed E-state index contributed by atoms with van der Waals surface area (Å²) in [7, 11) is 1.71. The van der Waals surface area contributed by atoms with E-state index in [1.165, 1.54) is 10.8 Å². The number of aryl methyl sites for hydroxylation is 2. The van der Waals surface area contributed by atoms with Crippen molar-refractivity contribution < 1.29 is 13.2 Å². The predicted octanol–water partition coefficient (Wildman–Crippen LogP) is 6.14. The number of alkyl halides is 3. The van der Waals surface area contributed by atoms with E-state index in [-0.39, 0.29) is 27.2 Å². The number of halogens is 4. The molecule has 0 saturated carbocycles. The Balaban J connectivity index is 2.04. The van der Waals surface area contributed by atoms with Gasteiger partial charge in [-0.2, -0.15) is 23.4 Å². The van der Waals surface area contributed by atoms with Gasteiger partial charge in [0.25, 0.3) is 0 Å². The lowest BCUT2D eigenvalue weighted by atomic mass is 9.95. The molecule has 0 unspecified atom stereocenters. The van der Waals surface area contributed by atoms with E-state index in [0.29, 0.717) is 16.4 Å². The summed E-state index contributed by atoms with van der Waals surface area (Å²) in [4.78, 5) is 9.06. The van der Waals surface area contributed by atoms with Gasteiger partial charge >= 0.3 is 6.18 Å². The standard InChI is InChI=1S/C20H20ClF3N6S/c1-5-11(6-2)12-7-10(3)28-30-15(17(20(22,23)24)27-18(12)30)16-13(21)8-14(31-16)19-25-9-26-29(19)4/h7-9,11H,5-6H2,1-4H3. The largest absolute Gasteiger partial charge is 0.435 e. The molecule has 4 aromatic rings. The molecule has 0 fully saturated rings. The van der Waals surface area contributed by atoms with Crippen LogP contribution in [0.1, 0.15) is 49.6 Å². The smallest absolute Gasteiger partial charge is 0.248 e. The summed E-state index contributed by atoms with van der Waals surface area (Å²) < 4.78 is 45.1. The number of hydrogen-bond donors (Lipinski definition) is 0. The maximum atomic E-state index is 14.1. The number of thiophene rings is 1. The molecule has 0 atom stereocenters. The Bertz CT molecular complexity index is 1250. The van der Waals surface area contributed by atoms with Crippen molar-refractivity contribution >= 4 is 28.6 Å². The molecule has 0 aliphatic heterocycles. The fourth-order valence-electron chi connectivity index (χ4n) is 3.76. The SMILES string of the molecule is CCC(CC)c1cc(C)nn2c(-c3sc(-c4ncnn4C)cc3Cl)c(C(F)(F)F)nc12. The van der Waals surface area contributed by atoms with Crippen molar-refractivity contribution in [2.45, 2.75) is 45.7 Å². The highest BCUT2D eigenvalue weighted by atomic mass is 35.5. The zero-order valence-corrected chi connectivity index (χ0v) is 18.9. The lowest BCUT2D eigenvalue weighted by Crippen LogP contribution is -2.08. The molecule has 4 aromatic heterocycles.